The number of aromatic nitrogens is 3. The molecule has 132 valence electrons. The Bertz CT molecular complexity index is 698. The summed E-state index contributed by atoms with van der Waals surface area (Å²) in [7, 11) is 0. The van der Waals surface area contributed by atoms with Crippen LogP contribution in [-0.2, 0) is 0 Å². The number of carbonyl (C=O) groups excluding carboxylic acids is 1. The molecule has 1 N–H and O–H groups in total. The lowest BCUT2D eigenvalue weighted by molar-refractivity contribution is 0.0944. The summed E-state index contributed by atoms with van der Waals surface area (Å²) >= 11 is 0. The fourth-order valence-corrected chi connectivity index (χ4v) is 2.69. The van der Waals surface area contributed by atoms with Crippen LogP contribution in [0.25, 0.3) is 0 Å². The second-order valence-electron chi connectivity index (χ2n) is 6.51. The molecule has 25 heavy (non-hydrogen) atoms. The molecule has 7 nitrogen and oxygen atoms in total. The molecule has 2 aromatic heterocycles. The van der Waals surface area contributed by atoms with E-state index in [9.17, 15) is 4.79 Å². The van der Waals surface area contributed by atoms with E-state index in [1.54, 1.807) is 12.3 Å². The van der Waals surface area contributed by atoms with Gasteiger partial charge in [-0.2, -0.15) is 0 Å². The van der Waals surface area contributed by atoms with Gasteiger partial charge in [0.2, 0.25) is 5.95 Å². The molecule has 2 aromatic rings. The molecule has 3 heterocycles. The number of carbonyl (C=O) groups is 1. The highest BCUT2D eigenvalue weighted by molar-refractivity contribution is 5.92. The largest absolute Gasteiger partial charge is 0.353 e. The molecule has 0 spiro atoms. The van der Waals surface area contributed by atoms with E-state index >= 15 is 0 Å². The van der Waals surface area contributed by atoms with Crippen LogP contribution in [0.1, 0.15) is 24.3 Å². The molecule has 0 saturated carbocycles. The number of nitrogens with one attached hydrogen (secondary N) is 1. The quantitative estimate of drug-likeness (QED) is 0.891. The van der Waals surface area contributed by atoms with E-state index in [1.807, 2.05) is 24.4 Å². The highest BCUT2D eigenvalue weighted by Gasteiger charge is 2.20. The van der Waals surface area contributed by atoms with Crippen LogP contribution in [0.4, 0.5) is 11.8 Å². The molecule has 0 aliphatic carbocycles. The molecule has 1 amide bonds. The summed E-state index contributed by atoms with van der Waals surface area (Å²) in [5, 5.41) is 2.89. The van der Waals surface area contributed by atoms with Crippen LogP contribution in [0.2, 0.25) is 0 Å². The van der Waals surface area contributed by atoms with Crippen molar-refractivity contribution in [3.05, 3.63) is 42.4 Å². The van der Waals surface area contributed by atoms with Gasteiger partial charge in [0.15, 0.2) is 0 Å². The van der Waals surface area contributed by atoms with Crippen molar-refractivity contribution in [1.82, 2.24) is 20.3 Å². The summed E-state index contributed by atoms with van der Waals surface area (Å²) in [6, 6.07) is 7.59. The zero-order chi connectivity index (χ0) is 17.6. The van der Waals surface area contributed by atoms with E-state index in [2.05, 4.69) is 43.9 Å². The minimum atomic E-state index is -0.149. The first-order chi connectivity index (χ1) is 12.1. The van der Waals surface area contributed by atoms with Crippen LogP contribution in [-0.4, -0.2) is 53.6 Å². The second-order valence-corrected chi connectivity index (χ2v) is 6.51. The first-order valence-corrected chi connectivity index (χ1v) is 8.65. The van der Waals surface area contributed by atoms with Crippen LogP contribution in [0, 0.1) is 5.92 Å². The lowest BCUT2D eigenvalue weighted by Crippen LogP contribution is -2.47. The number of anilines is 2. The van der Waals surface area contributed by atoms with Crippen LogP contribution in [0.3, 0.4) is 0 Å². The van der Waals surface area contributed by atoms with Crippen molar-refractivity contribution < 1.29 is 4.79 Å². The predicted molar refractivity (Wildman–Crippen MR) is 97.9 cm³/mol. The molecule has 7 heteroatoms. The molecule has 0 radical (unpaired) electrons. The number of hydrogen-bond acceptors (Lipinski definition) is 6. The zero-order valence-corrected chi connectivity index (χ0v) is 14.7. The maximum atomic E-state index is 12.2. The first-order valence-electron chi connectivity index (χ1n) is 8.65. The Morgan fingerprint density at radius 2 is 1.84 bits per heavy atom. The van der Waals surface area contributed by atoms with Crippen molar-refractivity contribution in [1.29, 1.82) is 0 Å². The van der Waals surface area contributed by atoms with Crippen LogP contribution < -0.4 is 15.1 Å². The first kappa shape index (κ1) is 17.1. The van der Waals surface area contributed by atoms with Gasteiger partial charge in [0.05, 0.1) is 0 Å². The van der Waals surface area contributed by atoms with Gasteiger partial charge in [-0.3, -0.25) is 4.79 Å². The van der Waals surface area contributed by atoms with Crippen molar-refractivity contribution >= 4 is 17.7 Å². The third-order valence-corrected chi connectivity index (χ3v) is 4.08. The minimum absolute atomic E-state index is 0.149. The Labute approximate surface area is 148 Å². The molecular weight excluding hydrogens is 316 g/mol. The van der Waals surface area contributed by atoms with E-state index in [0.29, 0.717) is 24.1 Å². The summed E-state index contributed by atoms with van der Waals surface area (Å²) in [6.07, 6.45) is 3.46. The van der Waals surface area contributed by atoms with Crippen LogP contribution in [0.15, 0.2) is 36.7 Å². The van der Waals surface area contributed by atoms with E-state index < -0.39 is 0 Å². The van der Waals surface area contributed by atoms with Gasteiger partial charge in [0, 0.05) is 45.1 Å². The minimum Gasteiger partial charge on any atom is -0.353 e. The number of hydrogen-bond donors (Lipinski definition) is 1. The standard InChI is InChI=1S/C18H24N6O/c1-14(2)13-21-17(25)15-6-8-20-18(22-15)24-11-9-23(10-12-24)16-5-3-4-7-19-16/h3-8,14H,9-13H2,1-2H3,(H,21,25). The molecule has 0 unspecified atom stereocenters. The van der Waals surface area contributed by atoms with Gasteiger partial charge in [0.1, 0.15) is 11.5 Å². The zero-order valence-electron chi connectivity index (χ0n) is 14.7. The van der Waals surface area contributed by atoms with Gasteiger partial charge in [-0.15, -0.1) is 0 Å². The van der Waals surface area contributed by atoms with Gasteiger partial charge >= 0.3 is 0 Å². The maximum Gasteiger partial charge on any atom is 0.270 e. The second kappa shape index (κ2) is 7.92. The van der Waals surface area contributed by atoms with Gasteiger partial charge in [0.25, 0.3) is 5.91 Å². The molecule has 1 aliphatic rings. The molecule has 0 bridgehead atoms. The van der Waals surface area contributed by atoms with E-state index in [4.69, 9.17) is 0 Å². The lowest BCUT2D eigenvalue weighted by atomic mass is 10.2. The molecule has 1 aliphatic heterocycles. The number of rotatable bonds is 5. The molecule has 3 rings (SSSR count). The topological polar surface area (TPSA) is 74.2 Å². The molecule has 1 fully saturated rings. The monoisotopic (exact) mass is 340 g/mol. The summed E-state index contributed by atoms with van der Waals surface area (Å²) in [4.78, 5) is 29.7. The third kappa shape index (κ3) is 4.43. The van der Waals surface area contributed by atoms with Crippen molar-refractivity contribution in [3.63, 3.8) is 0 Å². The van der Waals surface area contributed by atoms with Gasteiger partial charge in [-0.1, -0.05) is 19.9 Å². The molecule has 0 aromatic carbocycles. The van der Waals surface area contributed by atoms with E-state index in [0.717, 1.165) is 32.0 Å². The summed E-state index contributed by atoms with van der Waals surface area (Å²) in [6.45, 7) is 8.07. The van der Waals surface area contributed by atoms with Gasteiger partial charge < -0.3 is 15.1 Å². The average molecular weight is 340 g/mol. The van der Waals surface area contributed by atoms with E-state index in [-0.39, 0.29) is 5.91 Å². The fraction of sp³-hybridized carbons (Fsp3) is 0.444. The smallest absolute Gasteiger partial charge is 0.270 e. The van der Waals surface area contributed by atoms with Crippen molar-refractivity contribution in [2.45, 2.75) is 13.8 Å². The van der Waals surface area contributed by atoms with E-state index in [1.165, 1.54) is 0 Å². The van der Waals surface area contributed by atoms with Crippen LogP contribution >= 0.6 is 0 Å². The Balaban J connectivity index is 1.62. The molecule has 1 saturated heterocycles. The van der Waals surface area contributed by atoms with Crippen LogP contribution in [0.5, 0.6) is 0 Å². The summed E-state index contributed by atoms with van der Waals surface area (Å²) in [5.41, 5.74) is 0.415. The Morgan fingerprint density at radius 1 is 1.08 bits per heavy atom. The van der Waals surface area contributed by atoms with Gasteiger partial charge in [-0.25, -0.2) is 15.0 Å². The number of pyridine rings is 1. The average Bonchev–Trinajstić information content (AvgIpc) is 2.67. The Hall–Kier alpha value is -2.70. The van der Waals surface area contributed by atoms with Crippen molar-refractivity contribution in [2.24, 2.45) is 5.92 Å². The highest BCUT2D eigenvalue weighted by Crippen LogP contribution is 2.16. The van der Waals surface area contributed by atoms with Gasteiger partial charge in [-0.05, 0) is 24.1 Å². The number of piperazine rings is 1. The number of amides is 1. The Morgan fingerprint density at radius 3 is 2.52 bits per heavy atom. The lowest BCUT2D eigenvalue weighted by Gasteiger charge is -2.35. The Kier molecular flexibility index (Phi) is 5.42. The summed E-state index contributed by atoms with van der Waals surface area (Å²) < 4.78 is 0. The third-order valence-electron chi connectivity index (χ3n) is 4.08. The summed E-state index contributed by atoms with van der Waals surface area (Å²) in [5.74, 6) is 1.86. The molecular formula is C18H24N6O. The fourth-order valence-electron chi connectivity index (χ4n) is 2.69. The SMILES string of the molecule is CC(C)CNC(=O)c1ccnc(N2CCN(c3ccccn3)CC2)n1. The highest BCUT2D eigenvalue weighted by atomic mass is 16.1. The van der Waals surface area contributed by atoms with Crippen molar-refractivity contribution in [2.75, 3.05) is 42.5 Å². The number of nitrogens with zero attached hydrogens (tertiary/aromatic N) is 5. The van der Waals surface area contributed by atoms with Crippen molar-refractivity contribution in [3.8, 4) is 0 Å². The molecule has 0 atom stereocenters. The normalized spacial score (nSPS) is 14.7. The maximum absolute atomic E-state index is 12.2. The predicted octanol–water partition coefficient (Wildman–Crippen LogP) is 1.58.